The number of carbonyl (C=O) groups excluding carboxylic acids is 1. The Bertz CT molecular complexity index is 649. The second-order valence-corrected chi connectivity index (χ2v) is 7.07. The Balaban J connectivity index is 2.30. The van der Waals surface area contributed by atoms with E-state index in [1.165, 1.54) is 6.07 Å². The first-order valence-corrected chi connectivity index (χ1v) is 7.94. The van der Waals surface area contributed by atoms with Crippen LogP contribution in [-0.4, -0.2) is 17.3 Å². The molecule has 1 aliphatic heterocycles. The van der Waals surface area contributed by atoms with Crippen molar-refractivity contribution in [3.63, 3.8) is 0 Å². The molecule has 118 valence electrons. The molecule has 1 aromatic carbocycles. The Morgan fingerprint density at radius 1 is 1.36 bits per heavy atom. The zero-order valence-corrected chi connectivity index (χ0v) is 14.8. The largest absolute Gasteiger partial charge is 0.455 e. The monoisotopic (exact) mass is 367 g/mol. The Hall–Kier alpha value is -1.49. The van der Waals surface area contributed by atoms with Crippen LogP contribution in [0.15, 0.2) is 27.7 Å². The summed E-state index contributed by atoms with van der Waals surface area (Å²) in [6.07, 6.45) is 3.14. The van der Waals surface area contributed by atoms with Gasteiger partial charge in [0, 0.05) is 12.0 Å². The van der Waals surface area contributed by atoms with Gasteiger partial charge in [0.25, 0.3) is 0 Å². The zero-order chi connectivity index (χ0) is 16.5. The molecule has 0 radical (unpaired) electrons. The molecule has 0 amide bonds. The molecule has 0 spiro atoms. The number of benzene rings is 1. The third kappa shape index (κ3) is 4.03. The minimum absolute atomic E-state index is 0.338. The predicted octanol–water partition coefficient (Wildman–Crippen LogP) is 4.81. The van der Waals surface area contributed by atoms with Crippen molar-refractivity contribution in [2.24, 2.45) is 4.99 Å². The fourth-order valence-corrected chi connectivity index (χ4v) is 2.36. The minimum atomic E-state index is -0.554. The third-order valence-electron chi connectivity index (χ3n) is 3.11. The summed E-state index contributed by atoms with van der Waals surface area (Å²) in [4.78, 5) is 16.5. The lowest BCUT2D eigenvalue weighted by atomic mass is 10.0. The first kappa shape index (κ1) is 16.9. The summed E-state index contributed by atoms with van der Waals surface area (Å²) in [7, 11) is 0. The van der Waals surface area contributed by atoms with Crippen LogP contribution in [0.2, 0.25) is 0 Å². The van der Waals surface area contributed by atoms with Gasteiger partial charge in [0.1, 0.15) is 17.1 Å². The first-order chi connectivity index (χ1) is 10.2. The third-order valence-corrected chi connectivity index (χ3v) is 4.12. The fraction of sp³-hybridized carbons (Fsp3) is 0.412. The van der Waals surface area contributed by atoms with Crippen LogP contribution in [0.4, 0.5) is 4.39 Å². The van der Waals surface area contributed by atoms with Gasteiger partial charge in [-0.25, -0.2) is 14.2 Å². The number of aryl methyl sites for hydroxylation is 1. The molecule has 0 bridgehead atoms. The SMILES string of the molecule is Cc1cc(C2=CCCC(C(=O)OC(C)(C)C)=N2)cc(F)c1Br. The van der Waals surface area contributed by atoms with Crippen LogP contribution in [-0.2, 0) is 9.53 Å². The van der Waals surface area contributed by atoms with E-state index in [0.29, 0.717) is 34.3 Å². The van der Waals surface area contributed by atoms with Crippen LogP contribution in [0.5, 0.6) is 0 Å². The number of esters is 1. The summed E-state index contributed by atoms with van der Waals surface area (Å²) in [6, 6.07) is 3.27. The summed E-state index contributed by atoms with van der Waals surface area (Å²) >= 11 is 3.20. The standard InChI is InChI=1S/C17H19BrFNO2/c1-10-8-11(9-12(19)15(10)18)13-6-5-7-14(20-13)16(21)22-17(2,3)4/h6,8-9H,5,7H2,1-4H3. The molecule has 0 saturated carbocycles. The van der Waals surface area contributed by atoms with E-state index in [1.807, 2.05) is 39.8 Å². The van der Waals surface area contributed by atoms with E-state index < -0.39 is 11.6 Å². The first-order valence-electron chi connectivity index (χ1n) is 7.14. The number of rotatable bonds is 2. The van der Waals surface area contributed by atoms with Gasteiger partial charge in [-0.3, -0.25) is 0 Å². The summed E-state index contributed by atoms with van der Waals surface area (Å²) in [5.74, 6) is -0.747. The number of nitrogens with zero attached hydrogens (tertiary/aromatic N) is 1. The molecule has 1 aliphatic rings. The highest BCUT2D eigenvalue weighted by Gasteiger charge is 2.23. The van der Waals surface area contributed by atoms with Gasteiger partial charge in [0.05, 0.1) is 10.2 Å². The number of aliphatic imine (C=N–C) groups is 1. The minimum Gasteiger partial charge on any atom is -0.455 e. The van der Waals surface area contributed by atoms with E-state index in [0.717, 1.165) is 5.56 Å². The van der Waals surface area contributed by atoms with Gasteiger partial charge in [-0.2, -0.15) is 0 Å². The average Bonchev–Trinajstić information content (AvgIpc) is 2.42. The molecular formula is C17H19BrFNO2. The summed E-state index contributed by atoms with van der Waals surface area (Å²) in [5.41, 5.74) is 1.89. The van der Waals surface area contributed by atoms with Crippen molar-refractivity contribution in [2.45, 2.75) is 46.1 Å². The molecule has 0 N–H and O–H groups in total. The van der Waals surface area contributed by atoms with Gasteiger partial charge >= 0.3 is 5.97 Å². The summed E-state index contributed by atoms with van der Waals surface area (Å²) < 4.78 is 19.7. The zero-order valence-electron chi connectivity index (χ0n) is 13.2. The van der Waals surface area contributed by atoms with Crippen molar-refractivity contribution in [3.05, 3.63) is 39.6 Å². The number of hydrogen-bond donors (Lipinski definition) is 0. The lowest BCUT2D eigenvalue weighted by Crippen LogP contribution is -2.29. The molecule has 0 aliphatic carbocycles. The Morgan fingerprint density at radius 2 is 2.05 bits per heavy atom. The van der Waals surface area contributed by atoms with Crippen molar-refractivity contribution in [1.29, 1.82) is 0 Å². The molecule has 0 saturated heterocycles. The van der Waals surface area contributed by atoms with E-state index in [9.17, 15) is 9.18 Å². The van der Waals surface area contributed by atoms with E-state index in [-0.39, 0.29) is 5.82 Å². The Morgan fingerprint density at radius 3 is 2.64 bits per heavy atom. The van der Waals surface area contributed by atoms with Crippen LogP contribution >= 0.6 is 15.9 Å². The van der Waals surface area contributed by atoms with Gasteiger partial charge in [0.15, 0.2) is 0 Å². The maximum Gasteiger partial charge on any atom is 0.353 e. The fourth-order valence-electron chi connectivity index (χ4n) is 2.13. The smallest absolute Gasteiger partial charge is 0.353 e. The summed E-state index contributed by atoms with van der Waals surface area (Å²) in [5, 5.41) is 0. The molecule has 0 aromatic heterocycles. The lowest BCUT2D eigenvalue weighted by Gasteiger charge is -2.21. The predicted molar refractivity (Wildman–Crippen MR) is 89.3 cm³/mol. The van der Waals surface area contributed by atoms with E-state index >= 15 is 0 Å². The molecule has 1 heterocycles. The van der Waals surface area contributed by atoms with Crippen molar-refractivity contribution in [2.75, 3.05) is 0 Å². The number of hydrogen-bond acceptors (Lipinski definition) is 3. The molecule has 0 unspecified atom stereocenters. The van der Waals surface area contributed by atoms with E-state index in [1.54, 1.807) is 0 Å². The van der Waals surface area contributed by atoms with Crippen molar-refractivity contribution in [3.8, 4) is 0 Å². The van der Waals surface area contributed by atoms with Gasteiger partial charge in [-0.1, -0.05) is 6.08 Å². The number of allylic oxidation sites excluding steroid dienone is 1. The van der Waals surface area contributed by atoms with Crippen LogP contribution in [0, 0.1) is 12.7 Å². The second kappa shape index (κ2) is 6.32. The van der Waals surface area contributed by atoms with E-state index in [4.69, 9.17) is 4.74 Å². The molecule has 0 atom stereocenters. The molecule has 1 aromatic rings. The van der Waals surface area contributed by atoms with Gasteiger partial charge < -0.3 is 4.74 Å². The molecule has 5 heteroatoms. The molecule has 2 rings (SSSR count). The lowest BCUT2D eigenvalue weighted by molar-refractivity contribution is -0.146. The number of carbonyl (C=O) groups is 1. The van der Waals surface area contributed by atoms with Crippen molar-refractivity contribution >= 4 is 33.3 Å². The summed E-state index contributed by atoms with van der Waals surface area (Å²) in [6.45, 7) is 7.27. The quantitative estimate of drug-likeness (QED) is 0.703. The van der Waals surface area contributed by atoms with Crippen LogP contribution < -0.4 is 0 Å². The van der Waals surface area contributed by atoms with Crippen LogP contribution in [0.25, 0.3) is 5.70 Å². The number of halogens is 2. The van der Waals surface area contributed by atoms with Crippen LogP contribution in [0.1, 0.15) is 44.7 Å². The van der Waals surface area contributed by atoms with Gasteiger partial charge in [-0.15, -0.1) is 0 Å². The van der Waals surface area contributed by atoms with Gasteiger partial charge in [-0.05, 0) is 67.7 Å². The molecule has 0 fully saturated rings. The molecular weight excluding hydrogens is 349 g/mol. The topological polar surface area (TPSA) is 38.7 Å². The van der Waals surface area contributed by atoms with Gasteiger partial charge in [0.2, 0.25) is 0 Å². The number of ether oxygens (including phenoxy) is 1. The van der Waals surface area contributed by atoms with Crippen molar-refractivity contribution < 1.29 is 13.9 Å². The van der Waals surface area contributed by atoms with Crippen LogP contribution in [0.3, 0.4) is 0 Å². The normalized spacial score (nSPS) is 15.2. The highest BCUT2D eigenvalue weighted by molar-refractivity contribution is 9.10. The Labute approximate surface area is 138 Å². The van der Waals surface area contributed by atoms with E-state index in [2.05, 4.69) is 20.9 Å². The average molecular weight is 368 g/mol. The maximum absolute atomic E-state index is 13.9. The second-order valence-electron chi connectivity index (χ2n) is 6.28. The van der Waals surface area contributed by atoms with Crippen molar-refractivity contribution in [1.82, 2.24) is 0 Å². The molecule has 22 heavy (non-hydrogen) atoms. The maximum atomic E-state index is 13.9. The highest BCUT2D eigenvalue weighted by atomic mass is 79.9. The Kier molecular flexibility index (Phi) is 4.85. The highest BCUT2D eigenvalue weighted by Crippen LogP contribution is 2.28. The molecule has 3 nitrogen and oxygen atoms in total.